The minimum Gasteiger partial charge on any atom is -0.489 e. The number of hydrogen-bond acceptors (Lipinski definition) is 4. The highest BCUT2D eigenvalue weighted by Crippen LogP contribution is 2.58. The van der Waals surface area contributed by atoms with E-state index in [9.17, 15) is 9.90 Å². The fourth-order valence-corrected chi connectivity index (χ4v) is 5.85. The molecule has 6 heteroatoms. The van der Waals surface area contributed by atoms with Crippen molar-refractivity contribution in [2.45, 2.75) is 53.2 Å². The molecule has 1 aliphatic carbocycles. The second-order valence-electron chi connectivity index (χ2n) is 9.82. The quantitative estimate of drug-likeness (QED) is 0.562. The summed E-state index contributed by atoms with van der Waals surface area (Å²) in [7, 11) is 0. The van der Waals surface area contributed by atoms with E-state index in [1.54, 1.807) is 36.1 Å². The number of ether oxygens (including phenoxy) is 1. The van der Waals surface area contributed by atoms with Gasteiger partial charge in [0.25, 0.3) is 5.91 Å². The first-order chi connectivity index (χ1) is 16.1. The van der Waals surface area contributed by atoms with E-state index in [1.807, 2.05) is 18.2 Å². The van der Waals surface area contributed by atoms with Crippen LogP contribution in [0.25, 0.3) is 0 Å². The minimum atomic E-state index is -0.403. The van der Waals surface area contributed by atoms with Crippen molar-refractivity contribution < 1.29 is 14.6 Å². The van der Waals surface area contributed by atoms with Crippen LogP contribution in [-0.4, -0.2) is 41.2 Å². The van der Waals surface area contributed by atoms with Crippen LogP contribution in [-0.2, 0) is 6.42 Å². The lowest BCUT2D eigenvalue weighted by molar-refractivity contribution is -0.200. The Balaban J connectivity index is 1.89. The lowest BCUT2D eigenvalue weighted by atomic mass is 9.48. The van der Waals surface area contributed by atoms with Gasteiger partial charge < -0.3 is 14.7 Å². The van der Waals surface area contributed by atoms with Gasteiger partial charge in [0.2, 0.25) is 0 Å². The fraction of sp³-hybridized carbons (Fsp3) is 0.429. The molecule has 1 aliphatic rings. The molecule has 1 N–H and O–H groups in total. The van der Waals surface area contributed by atoms with Gasteiger partial charge in [-0.2, -0.15) is 5.26 Å². The van der Waals surface area contributed by atoms with E-state index in [2.05, 4.69) is 45.6 Å². The summed E-state index contributed by atoms with van der Waals surface area (Å²) in [5.41, 5.74) is 1.15. The second kappa shape index (κ2) is 10.1. The van der Waals surface area contributed by atoms with Gasteiger partial charge in [0, 0.05) is 41.5 Å². The molecule has 1 fully saturated rings. The highest BCUT2D eigenvalue weighted by Gasteiger charge is 2.66. The smallest absolute Gasteiger partial charge is 0.254 e. The molecule has 1 amide bonds. The summed E-state index contributed by atoms with van der Waals surface area (Å²) >= 11 is 6.20. The third kappa shape index (κ3) is 4.78. The summed E-state index contributed by atoms with van der Waals surface area (Å²) in [6.45, 7) is 10.2. The normalized spacial score (nSPS) is 19.7. The predicted molar refractivity (Wildman–Crippen MR) is 134 cm³/mol. The molecule has 0 atom stereocenters. The van der Waals surface area contributed by atoms with Crippen molar-refractivity contribution in [1.82, 2.24) is 4.90 Å². The maximum absolute atomic E-state index is 13.6. The average Bonchev–Trinajstić information content (AvgIpc) is 2.80. The highest BCUT2D eigenvalue weighted by molar-refractivity contribution is 6.31. The highest BCUT2D eigenvalue weighted by atomic mass is 35.5. The minimum absolute atomic E-state index is 0.119. The van der Waals surface area contributed by atoms with Gasteiger partial charge in [0.15, 0.2) is 0 Å². The molecule has 1 saturated carbocycles. The van der Waals surface area contributed by atoms with Gasteiger partial charge in [0.05, 0.1) is 17.2 Å². The molecule has 2 aromatic rings. The Bertz CT molecular complexity index is 1150. The Kier molecular flexibility index (Phi) is 7.61. The van der Waals surface area contributed by atoms with Crippen LogP contribution in [0.15, 0.2) is 42.5 Å². The Morgan fingerprint density at radius 2 is 1.88 bits per heavy atom. The summed E-state index contributed by atoms with van der Waals surface area (Å²) in [6.07, 6.45) is 0.371. The van der Waals surface area contributed by atoms with E-state index >= 15 is 0 Å². The van der Waals surface area contributed by atoms with Gasteiger partial charge in [0.1, 0.15) is 17.9 Å². The summed E-state index contributed by atoms with van der Waals surface area (Å²) < 4.78 is 6.36. The fourth-order valence-electron chi connectivity index (χ4n) is 5.64. The molecule has 0 unspecified atom stereocenters. The zero-order valence-electron chi connectivity index (χ0n) is 20.4. The van der Waals surface area contributed by atoms with Crippen LogP contribution >= 0.6 is 11.6 Å². The van der Waals surface area contributed by atoms with Crippen molar-refractivity contribution >= 4 is 17.5 Å². The van der Waals surface area contributed by atoms with Gasteiger partial charge in [-0.15, -0.1) is 5.92 Å². The van der Waals surface area contributed by atoms with Crippen molar-refractivity contribution in [3.8, 4) is 23.7 Å². The molecule has 0 aliphatic heterocycles. The van der Waals surface area contributed by atoms with Crippen LogP contribution < -0.4 is 4.74 Å². The van der Waals surface area contributed by atoms with Crippen LogP contribution in [0.4, 0.5) is 0 Å². The molecular weight excluding hydrogens is 448 g/mol. The number of hydrogen-bond donors (Lipinski definition) is 1. The molecule has 5 nitrogen and oxygen atoms in total. The molecule has 0 radical (unpaired) electrons. The lowest BCUT2D eigenvalue weighted by Crippen LogP contribution is -2.75. The molecule has 0 saturated heterocycles. The van der Waals surface area contributed by atoms with Gasteiger partial charge >= 0.3 is 0 Å². The summed E-state index contributed by atoms with van der Waals surface area (Å²) in [6, 6.07) is 14.4. The SMILES string of the molecule is CC#CCc1cccc(C(=O)N(CCO)C2C(C)(C)C(Oc3ccc(C#N)c(Cl)c3)C2(C)C)c1. The number of aliphatic hydroxyl groups is 1. The Labute approximate surface area is 207 Å². The number of benzene rings is 2. The van der Waals surface area contributed by atoms with Crippen LogP contribution in [0, 0.1) is 34.0 Å². The summed E-state index contributed by atoms with van der Waals surface area (Å²) in [5, 5.41) is 19.3. The number of halogens is 1. The number of nitriles is 1. The topological polar surface area (TPSA) is 73.6 Å². The molecule has 0 bridgehead atoms. The average molecular weight is 479 g/mol. The van der Waals surface area contributed by atoms with Crippen molar-refractivity contribution in [3.63, 3.8) is 0 Å². The monoisotopic (exact) mass is 478 g/mol. The first-order valence-corrected chi connectivity index (χ1v) is 11.7. The van der Waals surface area contributed by atoms with E-state index in [4.69, 9.17) is 21.6 Å². The molecule has 0 aromatic heterocycles. The van der Waals surface area contributed by atoms with E-state index in [1.165, 1.54) is 0 Å². The molecule has 2 aromatic carbocycles. The Morgan fingerprint density at radius 1 is 1.18 bits per heavy atom. The number of nitrogens with zero attached hydrogens (tertiary/aromatic N) is 2. The number of carbonyl (C=O) groups is 1. The van der Waals surface area contributed by atoms with Gasteiger partial charge in [-0.25, -0.2) is 0 Å². The lowest BCUT2D eigenvalue weighted by Gasteiger charge is -2.65. The number of aliphatic hydroxyl groups excluding tert-OH is 1. The van der Waals surface area contributed by atoms with Crippen molar-refractivity contribution in [3.05, 3.63) is 64.2 Å². The Hall–Kier alpha value is -2.99. The first-order valence-electron chi connectivity index (χ1n) is 11.3. The third-order valence-corrected chi connectivity index (χ3v) is 6.95. The maximum atomic E-state index is 13.6. The van der Waals surface area contributed by atoms with Crippen LogP contribution in [0.3, 0.4) is 0 Å². The Morgan fingerprint density at radius 3 is 2.47 bits per heavy atom. The van der Waals surface area contributed by atoms with Gasteiger partial charge in [-0.3, -0.25) is 4.79 Å². The predicted octanol–water partition coefficient (Wildman–Crippen LogP) is 5.09. The second-order valence-corrected chi connectivity index (χ2v) is 10.2. The number of rotatable bonds is 7. The zero-order chi connectivity index (χ0) is 25.1. The molecular formula is C28H31ClN2O3. The zero-order valence-corrected chi connectivity index (χ0v) is 21.1. The largest absolute Gasteiger partial charge is 0.489 e. The van der Waals surface area contributed by atoms with E-state index in [0.29, 0.717) is 28.3 Å². The van der Waals surface area contributed by atoms with Crippen LogP contribution in [0.5, 0.6) is 5.75 Å². The van der Waals surface area contributed by atoms with Gasteiger partial charge in [-0.1, -0.05) is 57.3 Å². The molecule has 178 valence electrons. The molecule has 0 spiro atoms. The van der Waals surface area contributed by atoms with E-state index in [-0.39, 0.29) is 31.2 Å². The standard InChI is InChI=1S/C28H31ClN2O3/c1-6-7-9-19-10-8-11-20(16-19)24(33)31(14-15-32)25-27(2,3)26(28(25,4)5)34-22-13-12-21(18-30)23(29)17-22/h8,10-13,16-17,25-26,32H,9,14-15H2,1-5H3. The molecule has 3 rings (SSSR count). The molecule has 0 heterocycles. The first kappa shape index (κ1) is 25.6. The van der Waals surface area contributed by atoms with Gasteiger partial charge in [-0.05, 0) is 36.8 Å². The number of amides is 1. The summed E-state index contributed by atoms with van der Waals surface area (Å²) in [5.74, 6) is 6.38. The van der Waals surface area contributed by atoms with Crippen molar-refractivity contribution in [2.75, 3.05) is 13.2 Å². The van der Waals surface area contributed by atoms with Crippen molar-refractivity contribution in [2.24, 2.45) is 10.8 Å². The number of carbonyl (C=O) groups excluding carboxylic acids is 1. The van der Waals surface area contributed by atoms with E-state index in [0.717, 1.165) is 5.56 Å². The van der Waals surface area contributed by atoms with E-state index < -0.39 is 10.8 Å². The van der Waals surface area contributed by atoms with Crippen molar-refractivity contribution in [1.29, 1.82) is 5.26 Å². The maximum Gasteiger partial charge on any atom is 0.254 e. The summed E-state index contributed by atoms with van der Waals surface area (Å²) in [4.78, 5) is 15.4. The third-order valence-electron chi connectivity index (χ3n) is 6.63. The van der Waals surface area contributed by atoms with Crippen LogP contribution in [0.2, 0.25) is 5.02 Å². The van der Waals surface area contributed by atoms with Crippen LogP contribution in [0.1, 0.15) is 56.1 Å². The molecule has 34 heavy (non-hydrogen) atoms.